The van der Waals surface area contributed by atoms with Crippen LogP contribution >= 0.6 is 0 Å². The highest BCUT2D eigenvalue weighted by molar-refractivity contribution is 5.83. The lowest BCUT2D eigenvalue weighted by molar-refractivity contribution is 0.202. The number of hydrogen-bond donors (Lipinski definition) is 1. The lowest BCUT2D eigenvalue weighted by Gasteiger charge is -2.22. The molecule has 1 fully saturated rings. The molecule has 0 aliphatic carbocycles. The van der Waals surface area contributed by atoms with E-state index >= 15 is 0 Å². The molecule has 3 rings (SSSR count). The van der Waals surface area contributed by atoms with Crippen molar-refractivity contribution < 1.29 is 4.79 Å². The van der Waals surface area contributed by atoms with E-state index in [-0.39, 0.29) is 12.1 Å². The molecule has 1 saturated heterocycles. The maximum atomic E-state index is 12.5. The zero-order valence-corrected chi connectivity index (χ0v) is 14.8. The summed E-state index contributed by atoms with van der Waals surface area (Å²) in [6, 6.07) is 14.8. The highest BCUT2D eigenvalue weighted by Crippen LogP contribution is 2.22. The summed E-state index contributed by atoms with van der Waals surface area (Å²) in [6.07, 6.45) is 1.09. The van der Waals surface area contributed by atoms with Crippen LogP contribution in [0.25, 0.3) is 10.8 Å². The van der Waals surface area contributed by atoms with Gasteiger partial charge in [0, 0.05) is 19.6 Å². The molecule has 1 aliphatic heterocycles. The average Bonchev–Trinajstić information content (AvgIpc) is 3.02. The van der Waals surface area contributed by atoms with Crippen LogP contribution in [0.5, 0.6) is 0 Å². The van der Waals surface area contributed by atoms with Crippen LogP contribution in [0.1, 0.15) is 24.9 Å². The molecule has 128 valence electrons. The van der Waals surface area contributed by atoms with Crippen molar-refractivity contribution in [3.8, 4) is 0 Å². The van der Waals surface area contributed by atoms with Crippen LogP contribution in [0.3, 0.4) is 0 Å². The number of carbonyl (C=O) groups is 1. The van der Waals surface area contributed by atoms with Crippen LogP contribution in [0, 0.1) is 5.92 Å². The number of amides is 2. The quantitative estimate of drug-likeness (QED) is 0.934. The number of likely N-dealkylation sites (tertiary alicyclic amines) is 1. The van der Waals surface area contributed by atoms with Gasteiger partial charge in [-0.15, -0.1) is 0 Å². The van der Waals surface area contributed by atoms with E-state index < -0.39 is 0 Å². The summed E-state index contributed by atoms with van der Waals surface area (Å²) in [7, 11) is 4.18. The third-order valence-corrected chi connectivity index (χ3v) is 4.81. The minimum Gasteiger partial charge on any atom is -0.331 e. The van der Waals surface area contributed by atoms with E-state index in [4.69, 9.17) is 0 Å². The van der Waals surface area contributed by atoms with Crippen molar-refractivity contribution in [2.75, 3.05) is 33.7 Å². The second-order valence-electron chi connectivity index (χ2n) is 7.14. The fourth-order valence-electron chi connectivity index (χ4n) is 3.52. The number of fused-ring (bicyclic) bond motifs is 1. The predicted octanol–water partition coefficient (Wildman–Crippen LogP) is 3.49. The topological polar surface area (TPSA) is 35.6 Å². The van der Waals surface area contributed by atoms with E-state index in [9.17, 15) is 4.79 Å². The van der Waals surface area contributed by atoms with Gasteiger partial charge in [0.25, 0.3) is 0 Å². The first-order valence-electron chi connectivity index (χ1n) is 8.72. The number of rotatable bonds is 4. The molecule has 24 heavy (non-hydrogen) atoms. The van der Waals surface area contributed by atoms with Gasteiger partial charge in [0.2, 0.25) is 0 Å². The van der Waals surface area contributed by atoms with Gasteiger partial charge in [-0.25, -0.2) is 4.79 Å². The molecular weight excluding hydrogens is 298 g/mol. The SMILES string of the molecule is C[C@@H](NC(=O)N1CC[C@@H](CN(C)C)C1)c1ccc2ccccc2c1. The van der Waals surface area contributed by atoms with Crippen LogP contribution in [0.4, 0.5) is 4.79 Å². The maximum absolute atomic E-state index is 12.5. The van der Waals surface area contributed by atoms with Gasteiger partial charge >= 0.3 is 6.03 Å². The van der Waals surface area contributed by atoms with E-state index in [0.29, 0.717) is 5.92 Å². The molecule has 0 saturated carbocycles. The van der Waals surface area contributed by atoms with Crippen LogP contribution in [-0.2, 0) is 0 Å². The largest absolute Gasteiger partial charge is 0.331 e. The van der Waals surface area contributed by atoms with Crippen LogP contribution in [0.15, 0.2) is 42.5 Å². The first kappa shape index (κ1) is 16.8. The Balaban J connectivity index is 1.61. The van der Waals surface area contributed by atoms with Gasteiger partial charge in [0.15, 0.2) is 0 Å². The zero-order chi connectivity index (χ0) is 17.1. The van der Waals surface area contributed by atoms with Gasteiger partial charge < -0.3 is 15.1 Å². The van der Waals surface area contributed by atoms with Crippen LogP contribution < -0.4 is 5.32 Å². The second kappa shape index (κ2) is 7.22. The molecule has 2 amide bonds. The monoisotopic (exact) mass is 325 g/mol. The van der Waals surface area contributed by atoms with E-state index in [2.05, 4.69) is 61.6 Å². The van der Waals surface area contributed by atoms with Crippen LogP contribution in [0.2, 0.25) is 0 Å². The number of benzene rings is 2. The summed E-state index contributed by atoms with van der Waals surface area (Å²) >= 11 is 0. The Bertz CT molecular complexity index is 713. The molecule has 4 nitrogen and oxygen atoms in total. The number of nitrogens with one attached hydrogen (secondary N) is 1. The highest BCUT2D eigenvalue weighted by Gasteiger charge is 2.27. The lowest BCUT2D eigenvalue weighted by atomic mass is 10.0. The second-order valence-corrected chi connectivity index (χ2v) is 7.14. The molecule has 2 aromatic carbocycles. The van der Waals surface area contributed by atoms with Crippen molar-refractivity contribution in [3.63, 3.8) is 0 Å². The molecule has 0 aromatic heterocycles. The molecule has 0 bridgehead atoms. The van der Waals surface area contributed by atoms with Gasteiger partial charge in [-0.1, -0.05) is 36.4 Å². The number of nitrogens with zero attached hydrogens (tertiary/aromatic N) is 2. The Morgan fingerprint density at radius 1 is 1.25 bits per heavy atom. The molecular formula is C20H27N3O. The maximum Gasteiger partial charge on any atom is 0.317 e. The normalized spacial score (nSPS) is 19.0. The first-order chi connectivity index (χ1) is 11.5. The fourth-order valence-corrected chi connectivity index (χ4v) is 3.52. The highest BCUT2D eigenvalue weighted by atomic mass is 16.2. The Morgan fingerprint density at radius 3 is 2.75 bits per heavy atom. The molecule has 1 aliphatic rings. The van der Waals surface area contributed by atoms with Crippen molar-refractivity contribution >= 4 is 16.8 Å². The lowest BCUT2D eigenvalue weighted by Crippen LogP contribution is -2.40. The first-order valence-corrected chi connectivity index (χ1v) is 8.72. The number of hydrogen-bond acceptors (Lipinski definition) is 2. The summed E-state index contributed by atoms with van der Waals surface area (Å²) < 4.78 is 0. The van der Waals surface area contributed by atoms with Gasteiger partial charge in [0.05, 0.1) is 6.04 Å². The Hall–Kier alpha value is -2.07. The molecule has 2 atom stereocenters. The third-order valence-electron chi connectivity index (χ3n) is 4.81. The fraction of sp³-hybridized carbons (Fsp3) is 0.450. The predicted molar refractivity (Wildman–Crippen MR) is 99.1 cm³/mol. The summed E-state index contributed by atoms with van der Waals surface area (Å²) in [5.41, 5.74) is 1.14. The molecule has 1 N–H and O–H groups in total. The van der Waals surface area contributed by atoms with E-state index in [0.717, 1.165) is 31.6 Å². The van der Waals surface area contributed by atoms with Crippen molar-refractivity contribution in [3.05, 3.63) is 48.0 Å². The number of urea groups is 1. The molecule has 1 heterocycles. The van der Waals surface area contributed by atoms with E-state index in [1.165, 1.54) is 10.8 Å². The summed E-state index contributed by atoms with van der Waals surface area (Å²) in [4.78, 5) is 16.7. The van der Waals surface area contributed by atoms with E-state index in [1.54, 1.807) is 0 Å². The van der Waals surface area contributed by atoms with Crippen molar-refractivity contribution in [1.82, 2.24) is 15.1 Å². The van der Waals surface area contributed by atoms with Crippen molar-refractivity contribution in [2.45, 2.75) is 19.4 Å². The molecule has 0 spiro atoms. The average molecular weight is 325 g/mol. The Kier molecular flexibility index (Phi) is 5.05. The minimum atomic E-state index is 0.00926. The standard InChI is InChI=1S/C20H27N3O/c1-15(18-9-8-17-6-4-5-7-19(17)12-18)21-20(24)23-11-10-16(14-23)13-22(2)3/h4-9,12,15-16H,10-11,13-14H2,1-3H3,(H,21,24)/t15-,16+/m1/s1. The Morgan fingerprint density at radius 2 is 2.00 bits per heavy atom. The molecule has 0 unspecified atom stereocenters. The summed E-state index contributed by atoms with van der Waals surface area (Å²) in [5.74, 6) is 0.585. The molecule has 2 aromatic rings. The Labute approximate surface area is 144 Å². The molecule has 4 heteroatoms. The smallest absolute Gasteiger partial charge is 0.317 e. The van der Waals surface area contributed by atoms with Gasteiger partial charge in [-0.2, -0.15) is 0 Å². The van der Waals surface area contributed by atoms with Gasteiger partial charge in [0.1, 0.15) is 0 Å². The van der Waals surface area contributed by atoms with Crippen molar-refractivity contribution in [2.24, 2.45) is 5.92 Å². The zero-order valence-electron chi connectivity index (χ0n) is 14.8. The van der Waals surface area contributed by atoms with Crippen LogP contribution in [-0.4, -0.2) is 49.6 Å². The van der Waals surface area contributed by atoms with Crippen molar-refractivity contribution in [1.29, 1.82) is 0 Å². The molecule has 0 radical (unpaired) electrons. The summed E-state index contributed by atoms with van der Waals surface area (Å²) in [6.45, 7) is 4.81. The summed E-state index contributed by atoms with van der Waals surface area (Å²) in [5, 5.41) is 5.59. The van der Waals surface area contributed by atoms with Gasteiger partial charge in [-0.05, 0) is 55.8 Å². The van der Waals surface area contributed by atoms with Gasteiger partial charge in [-0.3, -0.25) is 0 Å². The third kappa shape index (κ3) is 3.88. The number of carbonyl (C=O) groups excluding carboxylic acids is 1. The minimum absolute atomic E-state index is 0.00926. The van der Waals surface area contributed by atoms with E-state index in [1.807, 2.05) is 17.0 Å².